The van der Waals surface area contributed by atoms with Gasteiger partial charge < -0.3 is 9.47 Å². The molecule has 1 aliphatic heterocycles. The number of benzene rings is 2. The Bertz CT molecular complexity index is 1040. The fraction of sp³-hybridized carbons (Fsp3) is 0.333. The molecule has 0 bridgehead atoms. The normalized spacial score (nSPS) is 14.3. The van der Waals surface area contributed by atoms with Gasteiger partial charge in [-0.15, -0.1) is 0 Å². The number of nitrogens with zero attached hydrogens (tertiary/aromatic N) is 1. The molecule has 0 aliphatic carbocycles. The summed E-state index contributed by atoms with van der Waals surface area (Å²) in [4.78, 5) is 25.1. The van der Waals surface area contributed by atoms with Crippen molar-refractivity contribution in [1.29, 1.82) is 0 Å². The van der Waals surface area contributed by atoms with Crippen LogP contribution in [0, 0.1) is 0 Å². The van der Waals surface area contributed by atoms with Gasteiger partial charge in [0.25, 0.3) is 0 Å². The highest BCUT2D eigenvalue weighted by molar-refractivity contribution is 7.89. The number of carbonyl (C=O) groups excluding carboxylic acids is 2. The van der Waals surface area contributed by atoms with Gasteiger partial charge in [0.1, 0.15) is 11.5 Å². The highest BCUT2D eigenvalue weighted by Crippen LogP contribution is 2.34. The summed E-state index contributed by atoms with van der Waals surface area (Å²) in [5.74, 6) is 0.263. The standard InChI is InChI=1S/C21H24N2O6S/c1-28-16-7-3-5-15(13-16)6-4-12-22-30(26,27)17-8-9-19(29-2)18(14-17)23-20(24)10-11-21(23)25/h3,5,7-9,13-14,22H,4,6,10-12H2,1-2H3. The Kier molecular flexibility index (Phi) is 6.73. The number of amides is 2. The van der Waals surface area contributed by atoms with Crippen molar-refractivity contribution in [2.75, 3.05) is 25.7 Å². The number of carbonyl (C=O) groups is 2. The van der Waals surface area contributed by atoms with E-state index in [1.165, 1.54) is 25.3 Å². The monoisotopic (exact) mass is 432 g/mol. The van der Waals surface area contributed by atoms with Crippen molar-refractivity contribution >= 4 is 27.5 Å². The molecule has 0 aromatic heterocycles. The molecule has 2 amide bonds. The first kappa shape index (κ1) is 21.8. The topological polar surface area (TPSA) is 102 Å². The highest BCUT2D eigenvalue weighted by Gasteiger charge is 2.33. The number of imide groups is 1. The maximum absolute atomic E-state index is 12.7. The van der Waals surface area contributed by atoms with E-state index in [9.17, 15) is 18.0 Å². The molecule has 1 fully saturated rings. The molecule has 2 aromatic carbocycles. The number of methoxy groups -OCH3 is 2. The minimum absolute atomic E-state index is 0.0350. The van der Waals surface area contributed by atoms with E-state index in [0.717, 1.165) is 16.2 Å². The summed E-state index contributed by atoms with van der Waals surface area (Å²) in [6.45, 7) is 0.239. The van der Waals surface area contributed by atoms with Gasteiger partial charge in [-0.25, -0.2) is 18.0 Å². The van der Waals surface area contributed by atoms with E-state index in [1.807, 2.05) is 24.3 Å². The summed E-state index contributed by atoms with van der Waals surface area (Å²) in [7, 11) is -0.825. The maximum atomic E-state index is 12.7. The van der Waals surface area contributed by atoms with Crippen molar-refractivity contribution in [2.45, 2.75) is 30.6 Å². The quantitative estimate of drug-likeness (QED) is 0.482. The summed E-state index contributed by atoms with van der Waals surface area (Å²) in [6, 6.07) is 11.7. The van der Waals surface area contributed by atoms with Crippen LogP contribution < -0.4 is 19.1 Å². The van der Waals surface area contributed by atoms with E-state index >= 15 is 0 Å². The number of ether oxygens (including phenoxy) is 2. The van der Waals surface area contributed by atoms with Gasteiger partial charge in [-0.1, -0.05) is 12.1 Å². The van der Waals surface area contributed by atoms with Crippen molar-refractivity contribution in [3.8, 4) is 11.5 Å². The minimum Gasteiger partial charge on any atom is -0.497 e. The van der Waals surface area contributed by atoms with Crippen LogP contribution in [0.3, 0.4) is 0 Å². The SMILES string of the molecule is COc1cccc(CCCNS(=O)(=O)c2ccc(OC)c(N3C(=O)CCC3=O)c2)c1. The van der Waals surface area contributed by atoms with Crippen molar-refractivity contribution in [2.24, 2.45) is 0 Å². The lowest BCUT2D eigenvalue weighted by atomic mass is 10.1. The van der Waals surface area contributed by atoms with Gasteiger partial charge in [0, 0.05) is 19.4 Å². The van der Waals surface area contributed by atoms with Gasteiger partial charge in [-0.05, 0) is 48.7 Å². The second-order valence-corrected chi connectivity index (χ2v) is 8.58. The zero-order chi connectivity index (χ0) is 21.7. The molecule has 8 nitrogen and oxygen atoms in total. The van der Waals surface area contributed by atoms with E-state index in [0.29, 0.717) is 12.8 Å². The van der Waals surface area contributed by atoms with Gasteiger partial charge in [0.2, 0.25) is 21.8 Å². The average Bonchev–Trinajstić information content (AvgIpc) is 3.08. The Labute approximate surface area is 175 Å². The molecule has 0 unspecified atom stereocenters. The van der Waals surface area contributed by atoms with Crippen LogP contribution in [0.2, 0.25) is 0 Å². The Morgan fingerprint density at radius 3 is 2.40 bits per heavy atom. The Morgan fingerprint density at radius 1 is 1.00 bits per heavy atom. The molecule has 0 saturated carbocycles. The maximum Gasteiger partial charge on any atom is 0.240 e. The number of anilines is 1. The van der Waals surface area contributed by atoms with E-state index in [4.69, 9.17) is 9.47 Å². The molecule has 1 N–H and O–H groups in total. The van der Waals surface area contributed by atoms with Crippen molar-refractivity contribution in [3.05, 3.63) is 48.0 Å². The zero-order valence-corrected chi connectivity index (χ0v) is 17.7. The number of rotatable bonds is 9. The van der Waals surface area contributed by atoms with Crippen LogP contribution in [0.4, 0.5) is 5.69 Å². The first-order valence-electron chi connectivity index (χ1n) is 9.52. The number of nitrogens with one attached hydrogen (secondary N) is 1. The minimum atomic E-state index is -3.82. The first-order chi connectivity index (χ1) is 14.4. The van der Waals surface area contributed by atoms with Gasteiger partial charge in [0.15, 0.2) is 0 Å². The van der Waals surface area contributed by atoms with Gasteiger partial charge >= 0.3 is 0 Å². The lowest BCUT2D eigenvalue weighted by Crippen LogP contribution is -2.30. The Balaban J connectivity index is 1.70. The molecule has 1 aliphatic rings. The first-order valence-corrected chi connectivity index (χ1v) is 11.0. The third-order valence-corrected chi connectivity index (χ3v) is 6.28. The Hall–Kier alpha value is -2.91. The largest absolute Gasteiger partial charge is 0.497 e. The van der Waals surface area contributed by atoms with Crippen LogP contribution in [-0.4, -0.2) is 41.0 Å². The second kappa shape index (κ2) is 9.27. The average molecular weight is 432 g/mol. The predicted molar refractivity (Wildman–Crippen MR) is 111 cm³/mol. The van der Waals surface area contributed by atoms with E-state index in [-0.39, 0.29) is 47.5 Å². The summed E-state index contributed by atoms with van der Waals surface area (Å²) in [6.07, 6.45) is 1.48. The van der Waals surface area contributed by atoms with Crippen molar-refractivity contribution in [1.82, 2.24) is 4.72 Å². The molecular weight excluding hydrogens is 408 g/mol. The highest BCUT2D eigenvalue weighted by atomic mass is 32.2. The molecule has 1 saturated heterocycles. The van der Waals surface area contributed by atoms with E-state index in [1.54, 1.807) is 7.11 Å². The third kappa shape index (κ3) is 4.80. The molecule has 3 rings (SSSR count). The number of hydrogen-bond donors (Lipinski definition) is 1. The van der Waals surface area contributed by atoms with E-state index < -0.39 is 10.0 Å². The molecule has 2 aromatic rings. The molecule has 9 heteroatoms. The van der Waals surface area contributed by atoms with Crippen LogP contribution in [0.15, 0.2) is 47.4 Å². The van der Waals surface area contributed by atoms with Gasteiger partial charge in [-0.3, -0.25) is 9.59 Å². The molecule has 0 radical (unpaired) electrons. The lowest BCUT2D eigenvalue weighted by molar-refractivity contribution is -0.121. The lowest BCUT2D eigenvalue weighted by Gasteiger charge is -2.18. The van der Waals surface area contributed by atoms with Gasteiger partial charge in [-0.2, -0.15) is 0 Å². The summed E-state index contributed by atoms with van der Waals surface area (Å²) >= 11 is 0. The zero-order valence-electron chi connectivity index (χ0n) is 16.9. The number of hydrogen-bond acceptors (Lipinski definition) is 6. The molecule has 30 heavy (non-hydrogen) atoms. The Morgan fingerprint density at radius 2 is 1.73 bits per heavy atom. The second-order valence-electron chi connectivity index (χ2n) is 6.81. The van der Waals surface area contributed by atoms with Crippen molar-refractivity contribution < 1.29 is 27.5 Å². The van der Waals surface area contributed by atoms with Crippen LogP contribution >= 0.6 is 0 Å². The van der Waals surface area contributed by atoms with Gasteiger partial charge in [0.05, 0.1) is 24.8 Å². The fourth-order valence-corrected chi connectivity index (χ4v) is 4.36. The summed E-state index contributed by atoms with van der Waals surface area (Å²) < 4.78 is 38.4. The number of sulfonamides is 1. The van der Waals surface area contributed by atoms with Crippen molar-refractivity contribution in [3.63, 3.8) is 0 Å². The predicted octanol–water partition coefficient (Wildman–Crippen LogP) is 2.27. The molecule has 0 spiro atoms. The summed E-state index contributed by atoms with van der Waals surface area (Å²) in [5, 5.41) is 0. The number of aryl methyl sites for hydroxylation is 1. The summed E-state index contributed by atoms with van der Waals surface area (Å²) in [5.41, 5.74) is 1.19. The van der Waals surface area contributed by atoms with Crippen LogP contribution in [0.5, 0.6) is 11.5 Å². The van der Waals surface area contributed by atoms with Crippen LogP contribution in [0.25, 0.3) is 0 Å². The molecule has 160 valence electrons. The van der Waals surface area contributed by atoms with Crippen LogP contribution in [-0.2, 0) is 26.0 Å². The van der Waals surface area contributed by atoms with E-state index in [2.05, 4.69) is 4.72 Å². The third-order valence-electron chi connectivity index (χ3n) is 4.82. The van der Waals surface area contributed by atoms with Crippen LogP contribution in [0.1, 0.15) is 24.8 Å². The fourth-order valence-electron chi connectivity index (χ4n) is 3.27. The molecular formula is C21H24N2O6S. The smallest absolute Gasteiger partial charge is 0.240 e. The molecule has 0 atom stereocenters. The molecule has 1 heterocycles.